The van der Waals surface area contributed by atoms with Gasteiger partial charge in [0.15, 0.2) is 5.60 Å². The highest BCUT2D eigenvalue weighted by Crippen LogP contribution is 2.27. The maximum Gasteiger partial charge on any atom is 0.263 e. The monoisotopic (exact) mass is 509 g/mol. The Balaban J connectivity index is 1.79. The Morgan fingerprint density at radius 3 is 2.58 bits per heavy atom. The summed E-state index contributed by atoms with van der Waals surface area (Å²) >= 11 is 5.89. The van der Waals surface area contributed by atoms with Crippen molar-refractivity contribution in [2.45, 2.75) is 44.8 Å². The normalized spacial score (nSPS) is 12.8. The van der Waals surface area contributed by atoms with Gasteiger partial charge in [-0.1, -0.05) is 35.9 Å². The van der Waals surface area contributed by atoms with E-state index in [4.69, 9.17) is 21.1 Å². The van der Waals surface area contributed by atoms with Crippen molar-refractivity contribution < 1.29 is 18.7 Å². The van der Waals surface area contributed by atoms with E-state index < -0.39 is 12.3 Å². The fourth-order valence-corrected chi connectivity index (χ4v) is 3.88. The first-order chi connectivity index (χ1) is 17.2. The molecule has 0 radical (unpaired) electrons. The third kappa shape index (κ3) is 7.43. The number of pyridine rings is 1. The molecule has 0 saturated heterocycles. The molecule has 6 nitrogen and oxygen atoms in total. The van der Waals surface area contributed by atoms with Gasteiger partial charge in [-0.3, -0.25) is 4.79 Å². The molecule has 1 unspecified atom stereocenters. The molecule has 0 bridgehead atoms. The molecule has 1 aromatic heterocycles. The Morgan fingerprint density at radius 2 is 1.94 bits per heavy atom. The molecule has 3 rings (SSSR count). The second-order valence-electron chi connectivity index (χ2n) is 8.92. The average molecular weight is 510 g/mol. The number of nitriles is 1. The van der Waals surface area contributed by atoms with Crippen molar-refractivity contribution in [2.24, 2.45) is 0 Å². The van der Waals surface area contributed by atoms with Gasteiger partial charge in [-0.15, -0.1) is 0 Å². The summed E-state index contributed by atoms with van der Waals surface area (Å²) in [7, 11) is 0. The van der Waals surface area contributed by atoms with Gasteiger partial charge in [-0.2, -0.15) is 5.26 Å². The molecule has 2 aromatic carbocycles. The zero-order valence-electron chi connectivity index (χ0n) is 20.5. The van der Waals surface area contributed by atoms with E-state index in [1.165, 1.54) is 6.20 Å². The van der Waals surface area contributed by atoms with Gasteiger partial charge in [0.05, 0.1) is 16.7 Å². The number of hydrogen-bond donors (Lipinski definition) is 1. The van der Waals surface area contributed by atoms with Crippen LogP contribution in [0.15, 0.2) is 66.9 Å². The standard InChI is InChI=1S/C28H29ClFN3O3/c1-19(33-27(34)28(2,3)36-26-12-9-23(29)18-32-26)25(22-6-4-5-21(15-22)17-31)16-20-7-10-24(11-8-20)35-14-13-30/h4-12,15,18-19,25H,13-14,16H2,1-3H3,(H,33,34)/t19-,25?/m0/s1. The maximum atomic E-state index is 13.2. The van der Waals surface area contributed by atoms with Crippen molar-refractivity contribution >= 4 is 17.5 Å². The molecule has 0 aliphatic carbocycles. The summed E-state index contributed by atoms with van der Waals surface area (Å²) in [5.41, 5.74) is 1.29. The third-order valence-electron chi connectivity index (χ3n) is 5.74. The van der Waals surface area contributed by atoms with Gasteiger partial charge < -0.3 is 14.8 Å². The summed E-state index contributed by atoms with van der Waals surface area (Å²) in [6.07, 6.45) is 2.05. The number of hydrogen-bond acceptors (Lipinski definition) is 5. The Morgan fingerprint density at radius 1 is 1.19 bits per heavy atom. The lowest BCUT2D eigenvalue weighted by atomic mass is 9.85. The third-order valence-corrected chi connectivity index (χ3v) is 5.96. The number of aromatic nitrogens is 1. The van der Waals surface area contributed by atoms with Gasteiger partial charge in [0, 0.05) is 24.2 Å². The summed E-state index contributed by atoms with van der Waals surface area (Å²) in [6, 6.07) is 19.9. The molecule has 0 saturated carbocycles. The fourth-order valence-electron chi connectivity index (χ4n) is 3.77. The zero-order chi connectivity index (χ0) is 26.1. The molecule has 0 fully saturated rings. The number of carbonyl (C=O) groups excluding carboxylic acids is 1. The van der Waals surface area contributed by atoms with Crippen molar-refractivity contribution in [3.8, 4) is 17.7 Å². The van der Waals surface area contributed by atoms with E-state index in [2.05, 4.69) is 16.4 Å². The number of nitrogens with zero attached hydrogens (tertiary/aromatic N) is 2. The highest BCUT2D eigenvalue weighted by Gasteiger charge is 2.33. The molecule has 1 heterocycles. The second kappa shape index (κ2) is 12.4. The van der Waals surface area contributed by atoms with Gasteiger partial charge in [-0.05, 0) is 68.7 Å². The Labute approximate surface area is 216 Å². The Hall–Kier alpha value is -3.63. The van der Waals surface area contributed by atoms with Gasteiger partial charge in [0.25, 0.3) is 5.91 Å². The fraction of sp³-hybridized carbons (Fsp3) is 0.321. The number of amides is 1. The first-order valence-electron chi connectivity index (χ1n) is 11.6. The number of rotatable bonds is 11. The molecule has 188 valence electrons. The second-order valence-corrected chi connectivity index (χ2v) is 9.35. The molecule has 1 amide bonds. The summed E-state index contributed by atoms with van der Waals surface area (Å²) in [4.78, 5) is 17.3. The summed E-state index contributed by atoms with van der Waals surface area (Å²) in [5, 5.41) is 12.9. The minimum Gasteiger partial charge on any atom is -0.491 e. The van der Waals surface area contributed by atoms with E-state index in [1.54, 1.807) is 44.2 Å². The van der Waals surface area contributed by atoms with E-state index in [1.807, 2.05) is 37.3 Å². The number of halogens is 2. The molecule has 3 aromatic rings. The molecule has 0 spiro atoms. The van der Waals surface area contributed by atoms with Crippen molar-refractivity contribution in [3.05, 3.63) is 88.6 Å². The van der Waals surface area contributed by atoms with Crippen LogP contribution in [0.4, 0.5) is 4.39 Å². The SMILES string of the molecule is C[C@H](NC(=O)C(C)(C)Oc1ccc(Cl)cn1)C(Cc1ccc(OCCF)cc1)c1cccc(C#N)c1. The van der Waals surface area contributed by atoms with E-state index >= 15 is 0 Å². The lowest BCUT2D eigenvalue weighted by Gasteiger charge is -2.30. The number of nitrogens with one attached hydrogen (secondary N) is 1. The Kier molecular flexibility index (Phi) is 9.26. The topological polar surface area (TPSA) is 84.2 Å². The quantitative estimate of drug-likeness (QED) is 0.361. The summed E-state index contributed by atoms with van der Waals surface area (Å²) in [5.74, 6) is 0.448. The zero-order valence-corrected chi connectivity index (χ0v) is 21.3. The number of benzene rings is 2. The van der Waals surface area contributed by atoms with E-state index in [-0.39, 0.29) is 24.5 Å². The number of alkyl halides is 1. The maximum absolute atomic E-state index is 13.2. The molecular formula is C28H29ClFN3O3. The van der Waals surface area contributed by atoms with Crippen LogP contribution in [0.5, 0.6) is 11.6 Å². The number of carbonyl (C=O) groups is 1. The summed E-state index contributed by atoms with van der Waals surface area (Å²) in [6.45, 7) is 4.73. The van der Waals surface area contributed by atoms with E-state index in [0.29, 0.717) is 28.6 Å². The summed E-state index contributed by atoms with van der Waals surface area (Å²) < 4.78 is 23.6. The molecule has 36 heavy (non-hydrogen) atoms. The highest BCUT2D eigenvalue weighted by molar-refractivity contribution is 6.30. The minimum atomic E-state index is -1.19. The predicted octanol–water partition coefficient (Wildman–Crippen LogP) is 5.64. The van der Waals surface area contributed by atoms with Gasteiger partial charge >= 0.3 is 0 Å². The first-order valence-corrected chi connectivity index (χ1v) is 12.0. The van der Waals surface area contributed by atoms with Crippen LogP contribution < -0.4 is 14.8 Å². The molecular weight excluding hydrogens is 481 g/mol. The van der Waals surface area contributed by atoms with Crippen molar-refractivity contribution in [3.63, 3.8) is 0 Å². The van der Waals surface area contributed by atoms with Crippen LogP contribution in [0.3, 0.4) is 0 Å². The van der Waals surface area contributed by atoms with E-state index in [9.17, 15) is 14.4 Å². The Bertz CT molecular complexity index is 1190. The number of ether oxygens (including phenoxy) is 2. The smallest absolute Gasteiger partial charge is 0.263 e. The van der Waals surface area contributed by atoms with Crippen LogP contribution in [0.25, 0.3) is 0 Å². The molecule has 0 aliphatic heterocycles. The van der Waals surface area contributed by atoms with Gasteiger partial charge in [0.2, 0.25) is 5.88 Å². The van der Waals surface area contributed by atoms with E-state index in [0.717, 1.165) is 11.1 Å². The predicted molar refractivity (Wildman–Crippen MR) is 137 cm³/mol. The van der Waals surface area contributed by atoms with Crippen LogP contribution in [-0.4, -0.2) is 35.8 Å². The lowest BCUT2D eigenvalue weighted by molar-refractivity contribution is -0.135. The van der Waals surface area contributed by atoms with Crippen LogP contribution in [0.1, 0.15) is 43.4 Å². The van der Waals surface area contributed by atoms with Crippen molar-refractivity contribution in [1.29, 1.82) is 5.26 Å². The highest BCUT2D eigenvalue weighted by atomic mass is 35.5. The van der Waals surface area contributed by atoms with Crippen LogP contribution in [0.2, 0.25) is 5.02 Å². The van der Waals surface area contributed by atoms with Crippen molar-refractivity contribution in [1.82, 2.24) is 10.3 Å². The minimum absolute atomic E-state index is 0.00931. The average Bonchev–Trinajstić information content (AvgIpc) is 2.87. The first kappa shape index (κ1) is 27.0. The van der Waals surface area contributed by atoms with Crippen molar-refractivity contribution in [2.75, 3.05) is 13.3 Å². The van der Waals surface area contributed by atoms with Gasteiger partial charge in [0.1, 0.15) is 19.0 Å². The molecule has 2 atom stereocenters. The van der Waals surface area contributed by atoms with Gasteiger partial charge in [-0.25, -0.2) is 9.37 Å². The molecule has 8 heteroatoms. The molecule has 1 N–H and O–H groups in total. The van der Waals surface area contributed by atoms with Crippen LogP contribution in [0, 0.1) is 11.3 Å². The lowest BCUT2D eigenvalue weighted by Crippen LogP contribution is -2.51. The molecule has 0 aliphatic rings. The van der Waals surface area contributed by atoms with Crippen LogP contribution in [-0.2, 0) is 11.2 Å². The van der Waals surface area contributed by atoms with Crippen LogP contribution >= 0.6 is 11.6 Å². The largest absolute Gasteiger partial charge is 0.491 e.